The van der Waals surface area contributed by atoms with Gasteiger partial charge in [-0.2, -0.15) is 5.10 Å². The minimum atomic E-state index is -3.20. The highest BCUT2D eigenvalue weighted by atomic mass is 32.2. The number of rotatable bonds is 8. The lowest BCUT2D eigenvalue weighted by Gasteiger charge is -2.31. The van der Waals surface area contributed by atoms with Crippen molar-refractivity contribution in [1.82, 2.24) is 15.1 Å². The summed E-state index contributed by atoms with van der Waals surface area (Å²) in [6.07, 6.45) is 3.62. The smallest absolute Gasteiger partial charge is 0.273 e. The van der Waals surface area contributed by atoms with Crippen molar-refractivity contribution in [1.29, 1.82) is 0 Å². The Bertz CT molecular complexity index is 1330. The number of aromatic nitrogens is 2. The summed E-state index contributed by atoms with van der Waals surface area (Å²) in [4.78, 5) is 15.2. The molecule has 3 aromatic rings. The Morgan fingerprint density at radius 1 is 1.14 bits per heavy atom. The second kappa shape index (κ2) is 9.37. The van der Waals surface area contributed by atoms with Gasteiger partial charge in [-0.05, 0) is 42.7 Å². The zero-order chi connectivity index (χ0) is 24.6. The molecule has 35 heavy (non-hydrogen) atoms. The second-order valence-corrected chi connectivity index (χ2v) is 11.4. The lowest BCUT2D eigenvalue weighted by Crippen LogP contribution is -2.40. The van der Waals surface area contributed by atoms with Gasteiger partial charge in [-0.1, -0.05) is 44.0 Å². The van der Waals surface area contributed by atoms with Crippen LogP contribution in [0.3, 0.4) is 0 Å². The Hall–Kier alpha value is -3.33. The number of hydrogen-bond acceptors (Lipinski definition) is 6. The maximum Gasteiger partial charge on any atom is 0.273 e. The fourth-order valence-corrected chi connectivity index (χ4v) is 6.74. The molecule has 1 amide bonds. The molecular weight excluding hydrogens is 466 g/mol. The monoisotopic (exact) mass is 495 g/mol. The van der Waals surface area contributed by atoms with Crippen LogP contribution in [0, 0.1) is 0 Å². The number of hydrogen-bond donors (Lipinski definition) is 2. The number of phenolic OH excluding ortho intramolecular Hbond substituents is 1. The van der Waals surface area contributed by atoms with Crippen LogP contribution >= 0.6 is 0 Å². The number of aromatic amines is 1. The summed E-state index contributed by atoms with van der Waals surface area (Å²) in [5, 5.41) is 17.7. The van der Waals surface area contributed by atoms with Gasteiger partial charge in [0.25, 0.3) is 5.91 Å². The third kappa shape index (κ3) is 4.40. The van der Waals surface area contributed by atoms with E-state index >= 15 is 0 Å². The van der Waals surface area contributed by atoms with E-state index in [-0.39, 0.29) is 23.2 Å². The van der Waals surface area contributed by atoms with Crippen LogP contribution in [-0.2, 0) is 9.84 Å². The normalized spacial score (nSPS) is 20.8. The van der Waals surface area contributed by atoms with Gasteiger partial charge in [0.1, 0.15) is 22.9 Å². The van der Waals surface area contributed by atoms with Gasteiger partial charge in [0, 0.05) is 17.2 Å². The molecule has 0 bridgehead atoms. The van der Waals surface area contributed by atoms with E-state index in [1.165, 1.54) is 0 Å². The highest BCUT2D eigenvalue weighted by molar-refractivity contribution is 7.91. The molecule has 2 aliphatic heterocycles. The average molecular weight is 496 g/mol. The summed E-state index contributed by atoms with van der Waals surface area (Å²) in [6.45, 7) is 2.79. The number of ether oxygens (including phenoxy) is 1. The van der Waals surface area contributed by atoms with Crippen molar-refractivity contribution in [3.8, 4) is 22.8 Å². The minimum Gasteiger partial charge on any atom is -0.507 e. The van der Waals surface area contributed by atoms with Crippen LogP contribution in [-0.4, -0.2) is 58.7 Å². The molecule has 1 aromatic heterocycles. The summed E-state index contributed by atoms with van der Waals surface area (Å²) in [7, 11) is -3.20. The average Bonchev–Trinajstić information content (AvgIpc) is 3.51. The number of para-hydroxylation sites is 1. The molecule has 184 valence electrons. The number of amides is 1. The summed E-state index contributed by atoms with van der Waals surface area (Å²) in [6, 6.07) is 13.5. The first kappa shape index (κ1) is 23.4. The summed E-state index contributed by atoms with van der Waals surface area (Å²) in [5.74, 6) is 0.540. The zero-order valence-corrected chi connectivity index (χ0v) is 20.4. The Balaban J connectivity index is 1.55. The predicted octanol–water partition coefficient (Wildman–Crippen LogP) is 4.08. The molecule has 3 heterocycles. The van der Waals surface area contributed by atoms with Crippen LogP contribution in [0.2, 0.25) is 0 Å². The van der Waals surface area contributed by atoms with Gasteiger partial charge >= 0.3 is 0 Å². The molecule has 9 heteroatoms. The third-order valence-electron chi connectivity index (χ3n) is 6.78. The van der Waals surface area contributed by atoms with Gasteiger partial charge in [0.2, 0.25) is 0 Å². The van der Waals surface area contributed by atoms with Crippen LogP contribution in [0.5, 0.6) is 11.5 Å². The number of sulfone groups is 1. The van der Waals surface area contributed by atoms with E-state index < -0.39 is 21.9 Å². The molecule has 2 aliphatic rings. The lowest BCUT2D eigenvalue weighted by molar-refractivity contribution is 0.0677. The Labute approximate surface area is 204 Å². The first-order valence-electron chi connectivity index (χ1n) is 12.0. The van der Waals surface area contributed by atoms with Crippen molar-refractivity contribution in [3.05, 3.63) is 65.4 Å². The Kier molecular flexibility index (Phi) is 6.27. The van der Waals surface area contributed by atoms with Gasteiger partial charge in [0.05, 0.1) is 24.2 Å². The highest BCUT2D eigenvalue weighted by Gasteiger charge is 2.48. The largest absolute Gasteiger partial charge is 0.507 e. The summed E-state index contributed by atoms with van der Waals surface area (Å²) < 4.78 is 30.4. The van der Waals surface area contributed by atoms with Crippen molar-refractivity contribution in [2.24, 2.45) is 0 Å². The number of phenols is 1. The van der Waals surface area contributed by atoms with E-state index in [0.29, 0.717) is 35.5 Å². The number of benzene rings is 2. The molecule has 0 radical (unpaired) electrons. The number of H-pyrrole nitrogens is 1. The molecule has 8 nitrogen and oxygen atoms in total. The molecule has 2 unspecified atom stereocenters. The maximum atomic E-state index is 13.6. The molecule has 0 spiro atoms. The van der Waals surface area contributed by atoms with E-state index in [0.717, 1.165) is 30.6 Å². The van der Waals surface area contributed by atoms with Gasteiger partial charge in [-0.25, -0.2) is 8.42 Å². The van der Waals surface area contributed by atoms with E-state index in [4.69, 9.17) is 4.74 Å². The highest BCUT2D eigenvalue weighted by Crippen LogP contribution is 2.46. The van der Waals surface area contributed by atoms with Gasteiger partial charge in [-0.15, -0.1) is 0 Å². The van der Waals surface area contributed by atoms with Gasteiger partial charge in [0.15, 0.2) is 9.84 Å². The molecule has 2 N–H and O–H groups in total. The second-order valence-electron chi connectivity index (χ2n) is 9.17. The van der Waals surface area contributed by atoms with Crippen molar-refractivity contribution in [2.45, 2.75) is 44.7 Å². The van der Waals surface area contributed by atoms with Crippen molar-refractivity contribution in [2.75, 3.05) is 18.1 Å². The molecule has 1 saturated heterocycles. The van der Waals surface area contributed by atoms with E-state index in [9.17, 15) is 18.3 Å². The zero-order valence-electron chi connectivity index (χ0n) is 19.6. The van der Waals surface area contributed by atoms with E-state index in [2.05, 4.69) is 17.1 Å². The standard InChI is InChI=1S/C26H29N3O5S/c1-2-3-6-14-34-19-11-9-17(10-12-19)25-22-23(20-7-4-5-8-21(20)30)27-28-24(22)26(31)29(25)18-13-15-35(32,33)16-18/h4-5,7-12,18,25,30H,2-3,6,13-16H2,1H3,(H,27,28). The SMILES string of the molecule is CCCCCOc1ccc(C2c3c(-c4ccccc4O)n[nH]c3C(=O)N2C2CCS(=O)(=O)C2)cc1. The Morgan fingerprint density at radius 3 is 2.60 bits per heavy atom. The molecule has 0 saturated carbocycles. The molecular formula is C26H29N3O5S. The fourth-order valence-electron chi connectivity index (χ4n) is 5.03. The number of carbonyl (C=O) groups excluding carboxylic acids is 1. The first-order chi connectivity index (χ1) is 16.9. The quantitative estimate of drug-likeness (QED) is 0.455. The summed E-state index contributed by atoms with van der Waals surface area (Å²) >= 11 is 0. The minimum absolute atomic E-state index is 0.0580. The molecule has 2 atom stereocenters. The third-order valence-corrected chi connectivity index (χ3v) is 8.53. The predicted molar refractivity (Wildman–Crippen MR) is 132 cm³/mol. The molecule has 5 rings (SSSR count). The summed E-state index contributed by atoms with van der Waals surface area (Å²) in [5.41, 5.74) is 2.81. The number of fused-ring (bicyclic) bond motifs is 1. The fraction of sp³-hybridized carbons (Fsp3) is 0.385. The van der Waals surface area contributed by atoms with E-state index in [1.807, 2.05) is 24.3 Å². The van der Waals surface area contributed by atoms with Crippen LogP contribution in [0.25, 0.3) is 11.3 Å². The van der Waals surface area contributed by atoms with Crippen molar-refractivity contribution < 1.29 is 23.1 Å². The van der Waals surface area contributed by atoms with Gasteiger partial charge < -0.3 is 14.7 Å². The van der Waals surface area contributed by atoms with Crippen LogP contribution < -0.4 is 4.74 Å². The number of unbranched alkanes of at least 4 members (excludes halogenated alkanes) is 2. The van der Waals surface area contributed by atoms with Gasteiger partial charge in [-0.3, -0.25) is 9.89 Å². The molecule has 0 aliphatic carbocycles. The van der Waals surface area contributed by atoms with Crippen molar-refractivity contribution in [3.63, 3.8) is 0 Å². The number of nitrogens with zero attached hydrogens (tertiary/aromatic N) is 2. The van der Waals surface area contributed by atoms with E-state index in [1.54, 1.807) is 29.2 Å². The number of aromatic hydroxyl groups is 1. The maximum absolute atomic E-state index is 13.6. The number of carbonyl (C=O) groups is 1. The van der Waals surface area contributed by atoms with Crippen molar-refractivity contribution >= 4 is 15.7 Å². The van der Waals surface area contributed by atoms with Crippen LogP contribution in [0.15, 0.2) is 48.5 Å². The topological polar surface area (TPSA) is 113 Å². The Morgan fingerprint density at radius 2 is 1.91 bits per heavy atom. The number of nitrogens with one attached hydrogen (secondary N) is 1. The van der Waals surface area contributed by atoms with Crippen LogP contribution in [0.1, 0.15) is 60.3 Å². The lowest BCUT2D eigenvalue weighted by atomic mass is 9.95. The first-order valence-corrected chi connectivity index (χ1v) is 13.8. The molecule has 1 fully saturated rings. The molecule has 2 aromatic carbocycles. The van der Waals surface area contributed by atoms with Crippen LogP contribution in [0.4, 0.5) is 0 Å².